The molecule has 3 rings (SSSR count). The van der Waals surface area contributed by atoms with Gasteiger partial charge in [-0.1, -0.05) is 20.8 Å². The minimum Gasteiger partial charge on any atom is -0.323 e. The molecule has 1 aromatic heterocycles. The molecule has 2 N–H and O–H groups in total. The summed E-state index contributed by atoms with van der Waals surface area (Å²) >= 11 is 0. The molecule has 2 fully saturated rings. The predicted octanol–water partition coefficient (Wildman–Crippen LogP) is -0.104. The number of hydrogen-bond acceptors (Lipinski definition) is 3. The predicted molar refractivity (Wildman–Crippen MR) is 94.0 cm³/mol. The maximum atomic E-state index is 4.41. The molecule has 6 nitrogen and oxygen atoms in total. The van der Waals surface area contributed by atoms with Crippen LogP contribution in [0.2, 0.25) is 0 Å². The fourth-order valence-corrected chi connectivity index (χ4v) is 4.64. The van der Waals surface area contributed by atoms with Crippen molar-refractivity contribution in [2.45, 2.75) is 77.9 Å². The molecular formula is C18H36N6+2. The second-order valence-corrected chi connectivity index (χ2v) is 8.20. The molecule has 136 valence electrons. The summed E-state index contributed by atoms with van der Waals surface area (Å²) in [6.07, 6.45) is 8.07. The fraction of sp³-hybridized carbons (Fsp3) is 0.944. The zero-order chi connectivity index (χ0) is 16.9. The number of quaternary nitrogens is 2. The molecule has 24 heavy (non-hydrogen) atoms. The van der Waals surface area contributed by atoms with Crippen LogP contribution in [0.3, 0.4) is 0 Å². The summed E-state index contributed by atoms with van der Waals surface area (Å²) in [5, 5.41) is 12.7. The lowest BCUT2D eigenvalue weighted by Crippen LogP contribution is -3.29. The van der Waals surface area contributed by atoms with Crippen molar-refractivity contribution in [3.05, 3.63) is 5.82 Å². The molecule has 0 aromatic carbocycles. The summed E-state index contributed by atoms with van der Waals surface area (Å²) in [5.74, 6) is 1.80. The van der Waals surface area contributed by atoms with E-state index in [4.69, 9.17) is 0 Å². The minimum absolute atomic E-state index is 0.456. The zero-order valence-electron chi connectivity index (χ0n) is 15.8. The first kappa shape index (κ1) is 17.8. The van der Waals surface area contributed by atoms with Crippen LogP contribution in [-0.4, -0.2) is 52.4 Å². The zero-order valence-corrected chi connectivity index (χ0v) is 15.8. The molecule has 0 unspecified atom stereocenters. The van der Waals surface area contributed by atoms with Gasteiger partial charge >= 0.3 is 0 Å². The summed E-state index contributed by atoms with van der Waals surface area (Å²) in [5.41, 5.74) is 0. The van der Waals surface area contributed by atoms with Gasteiger partial charge in [-0.05, 0) is 48.4 Å². The van der Waals surface area contributed by atoms with Gasteiger partial charge in [0.15, 0.2) is 0 Å². The van der Waals surface area contributed by atoms with Crippen molar-refractivity contribution < 1.29 is 9.80 Å². The van der Waals surface area contributed by atoms with Crippen LogP contribution in [0.4, 0.5) is 0 Å². The fourth-order valence-electron chi connectivity index (χ4n) is 4.64. The maximum Gasteiger partial charge on any atom is 0.209 e. The Labute approximate surface area is 146 Å². The molecule has 0 radical (unpaired) electrons. The number of tetrazole rings is 1. The van der Waals surface area contributed by atoms with Crippen LogP contribution in [0.25, 0.3) is 0 Å². The summed E-state index contributed by atoms with van der Waals surface area (Å²) in [7, 11) is 0. The van der Waals surface area contributed by atoms with E-state index < -0.39 is 0 Å². The number of rotatable bonds is 7. The molecule has 1 atom stereocenters. The van der Waals surface area contributed by atoms with E-state index in [1.54, 1.807) is 4.90 Å². The van der Waals surface area contributed by atoms with Crippen LogP contribution < -0.4 is 9.80 Å². The van der Waals surface area contributed by atoms with Gasteiger partial charge in [0, 0.05) is 13.0 Å². The van der Waals surface area contributed by atoms with Crippen LogP contribution in [0.15, 0.2) is 0 Å². The standard InChI is InChI=1S/C18H34N6/c1-4-17(18-19-20-21-24(18)10-9-15(2)3)23-13-11-22(12-14-23)16-7-5-6-8-16/h15-17H,4-14H2,1-3H3/p+2/t17-/m0/s1. The van der Waals surface area contributed by atoms with Crippen molar-refractivity contribution in [1.29, 1.82) is 0 Å². The highest BCUT2D eigenvalue weighted by molar-refractivity contribution is 4.87. The normalized spacial score (nSPS) is 27.0. The van der Waals surface area contributed by atoms with E-state index in [2.05, 4.69) is 41.0 Å². The van der Waals surface area contributed by atoms with E-state index in [9.17, 15) is 0 Å². The molecule has 1 saturated heterocycles. The maximum absolute atomic E-state index is 4.41. The molecule has 1 aliphatic carbocycles. The van der Waals surface area contributed by atoms with Crippen molar-refractivity contribution in [2.75, 3.05) is 26.2 Å². The van der Waals surface area contributed by atoms with E-state index >= 15 is 0 Å². The molecule has 0 spiro atoms. The molecule has 1 aromatic rings. The first-order valence-corrected chi connectivity index (χ1v) is 10.1. The van der Waals surface area contributed by atoms with Crippen LogP contribution in [0, 0.1) is 5.92 Å². The molecule has 1 aliphatic heterocycles. The van der Waals surface area contributed by atoms with Crippen molar-refractivity contribution >= 4 is 0 Å². The van der Waals surface area contributed by atoms with Gasteiger partial charge in [-0.3, -0.25) is 0 Å². The van der Waals surface area contributed by atoms with Crippen LogP contribution in [0.5, 0.6) is 0 Å². The van der Waals surface area contributed by atoms with E-state index in [0.29, 0.717) is 12.0 Å². The lowest BCUT2D eigenvalue weighted by atomic mass is 10.1. The van der Waals surface area contributed by atoms with Gasteiger partial charge in [0.2, 0.25) is 5.82 Å². The average molecular weight is 337 g/mol. The van der Waals surface area contributed by atoms with E-state index in [1.165, 1.54) is 51.9 Å². The second-order valence-electron chi connectivity index (χ2n) is 8.20. The van der Waals surface area contributed by atoms with Gasteiger partial charge in [0.25, 0.3) is 0 Å². The van der Waals surface area contributed by atoms with Gasteiger partial charge in [-0.25, -0.2) is 4.68 Å². The van der Waals surface area contributed by atoms with Gasteiger partial charge in [-0.15, -0.1) is 5.10 Å². The van der Waals surface area contributed by atoms with Crippen molar-refractivity contribution in [1.82, 2.24) is 20.2 Å². The molecule has 0 amide bonds. The SMILES string of the molecule is CC[C@@H](c1nnnn1CCC(C)C)[NH+]1CC[NH+](C2CCCC2)CC1. The molecule has 2 aliphatic rings. The Bertz CT molecular complexity index is 485. The molecule has 6 heteroatoms. The highest BCUT2D eigenvalue weighted by Gasteiger charge is 2.36. The van der Waals surface area contributed by atoms with E-state index in [0.717, 1.165) is 31.3 Å². The Morgan fingerprint density at radius 1 is 1.12 bits per heavy atom. The second kappa shape index (κ2) is 8.39. The Morgan fingerprint density at radius 2 is 1.83 bits per heavy atom. The Hall–Kier alpha value is -1.01. The number of aromatic nitrogens is 4. The largest absolute Gasteiger partial charge is 0.323 e. The van der Waals surface area contributed by atoms with Crippen molar-refractivity contribution in [2.24, 2.45) is 5.92 Å². The van der Waals surface area contributed by atoms with Crippen LogP contribution >= 0.6 is 0 Å². The van der Waals surface area contributed by atoms with Crippen LogP contribution in [-0.2, 0) is 6.54 Å². The Morgan fingerprint density at radius 3 is 2.46 bits per heavy atom. The highest BCUT2D eigenvalue weighted by Crippen LogP contribution is 2.15. The number of hydrogen-bond donors (Lipinski definition) is 2. The summed E-state index contributed by atoms with van der Waals surface area (Å²) < 4.78 is 2.07. The summed E-state index contributed by atoms with van der Waals surface area (Å²) in [6.45, 7) is 12.9. The lowest BCUT2D eigenvalue weighted by molar-refractivity contribution is -1.04. The average Bonchev–Trinajstić information content (AvgIpc) is 3.26. The molecular weight excluding hydrogens is 300 g/mol. The first-order valence-electron chi connectivity index (χ1n) is 10.1. The monoisotopic (exact) mass is 336 g/mol. The first-order chi connectivity index (χ1) is 11.7. The van der Waals surface area contributed by atoms with Gasteiger partial charge < -0.3 is 9.80 Å². The minimum atomic E-state index is 0.456. The summed E-state index contributed by atoms with van der Waals surface area (Å²) in [6, 6.07) is 1.40. The van der Waals surface area contributed by atoms with E-state index in [-0.39, 0.29) is 0 Å². The lowest BCUT2D eigenvalue weighted by Gasteiger charge is -2.36. The Balaban J connectivity index is 1.59. The molecule has 2 heterocycles. The third-order valence-corrected chi connectivity index (χ3v) is 6.16. The topological polar surface area (TPSA) is 52.5 Å². The third-order valence-electron chi connectivity index (χ3n) is 6.16. The van der Waals surface area contributed by atoms with Gasteiger partial charge in [0.05, 0.1) is 6.04 Å². The van der Waals surface area contributed by atoms with Gasteiger partial charge in [-0.2, -0.15) is 0 Å². The Kier molecular flexibility index (Phi) is 6.22. The summed E-state index contributed by atoms with van der Waals surface area (Å²) in [4.78, 5) is 3.56. The van der Waals surface area contributed by atoms with E-state index in [1.807, 2.05) is 4.90 Å². The number of piperazine rings is 1. The van der Waals surface area contributed by atoms with Crippen molar-refractivity contribution in [3.63, 3.8) is 0 Å². The third kappa shape index (κ3) is 4.14. The van der Waals surface area contributed by atoms with Crippen LogP contribution in [0.1, 0.15) is 71.2 Å². The number of nitrogens with one attached hydrogen (secondary N) is 2. The quantitative estimate of drug-likeness (QED) is 0.731. The van der Waals surface area contributed by atoms with Gasteiger partial charge in [0.1, 0.15) is 32.2 Å². The smallest absolute Gasteiger partial charge is 0.209 e. The number of nitrogens with zero attached hydrogens (tertiary/aromatic N) is 4. The van der Waals surface area contributed by atoms with Crippen molar-refractivity contribution in [3.8, 4) is 0 Å². The highest BCUT2D eigenvalue weighted by atomic mass is 15.6. The molecule has 0 bridgehead atoms. The molecule has 1 saturated carbocycles. The number of aryl methyl sites for hydroxylation is 1.